The van der Waals surface area contributed by atoms with Crippen LogP contribution in [0.1, 0.15) is 48.0 Å². The Morgan fingerprint density at radius 1 is 1.12 bits per heavy atom. The van der Waals surface area contributed by atoms with Crippen molar-refractivity contribution in [2.75, 3.05) is 0 Å². The summed E-state index contributed by atoms with van der Waals surface area (Å²) in [5, 5.41) is 0. The van der Waals surface area contributed by atoms with E-state index in [1.165, 1.54) is 11.1 Å². The van der Waals surface area contributed by atoms with Crippen molar-refractivity contribution in [3.8, 4) is 12.3 Å². The van der Waals surface area contributed by atoms with Crippen LogP contribution in [0, 0.1) is 34.5 Å². The molecule has 0 saturated heterocycles. The van der Waals surface area contributed by atoms with E-state index < -0.39 is 0 Å². The van der Waals surface area contributed by atoms with E-state index in [2.05, 4.69) is 59.6 Å². The SMILES string of the molecule is C#CC12CC1C(C(C)(C)C)=CC=C2C(C)(C)C. The lowest BCUT2D eigenvalue weighted by molar-refractivity contribution is 0.411. The average Bonchev–Trinajstić information content (AvgIpc) is 2.87. The van der Waals surface area contributed by atoms with E-state index in [0.717, 1.165) is 6.42 Å². The normalized spacial score (nSPS) is 32.2. The maximum absolute atomic E-state index is 5.85. The Labute approximate surface area is 106 Å². The number of hydrogen-bond donors (Lipinski definition) is 0. The van der Waals surface area contributed by atoms with Gasteiger partial charge in [0.1, 0.15) is 0 Å². The second-order valence-electron chi connectivity index (χ2n) is 7.57. The Morgan fingerprint density at radius 3 is 2.12 bits per heavy atom. The lowest BCUT2D eigenvalue weighted by atomic mass is 9.70. The van der Waals surface area contributed by atoms with Crippen molar-refractivity contribution >= 4 is 0 Å². The number of allylic oxidation sites excluding steroid dienone is 4. The minimum Gasteiger partial charge on any atom is -0.119 e. The van der Waals surface area contributed by atoms with E-state index in [-0.39, 0.29) is 16.2 Å². The molecule has 17 heavy (non-hydrogen) atoms. The van der Waals surface area contributed by atoms with Gasteiger partial charge < -0.3 is 0 Å². The van der Waals surface area contributed by atoms with Crippen LogP contribution in [0.5, 0.6) is 0 Å². The zero-order valence-electron chi connectivity index (χ0n) is 12.0. The molecule has 0 aromatic heterocycles. The minimum absolute atomic E-state index is 0.0373. The third-order valence-corrected chi connectivity index (χ3v) is 4.18. The smallest absolute Gasteiger partial charge is 0.0600 e. The topological polar surface area (TPSA) is 0 Å². The molecule has 2 aliphatic rings. The maximum Gasteiger partial charge on any atom is 0.0600 e. The van der Waals surface area contributed by atoms with Crippen LogP contribution < -0.4 is 0 Å². The first kappa shape index (κ1) is 12.5. The molecule has 0 heterocycles. The predicted molar refractivity (Wildman–Crippen MR) is 74.4 cm³/mol. The van der Waals surface area contributed by atoms with Gasteiger partial charge in [-0.15, -0.1) is 6.42 Å². The van der Waals surface area contributed by atoms with Gasteiger partial charge in [0.05, 0.1) is 5.41 Å². The van der Waals surface area contributed by atoms with Crippen LogP contribution in [-0.2, 0) is 0 Å². The summed E-state index contributed by atoms with van der Waals surface area (Å²) >= 11 is 0. The molecule has 2 rings (SSSR count). The summed E-state index contributed by atoms with van der Waals surface area (Å²) < 4.78 is 0. The van der Waals surface area contributed by atoms with E-state index in [4.69, 9.17) is 6.42 Å². The monoisotopic (exact) mass is 228 g/mol. The highest BCUT2D eigenvalue weighted by Crippen LogP contribution is 2.68. The largest absolute Gasteiger partial charge is 0.119 e. The van der Waals surface area contributed by atoms with Crippen LogP contribution in [0.2, 0.25) is 0 Å². The van der Waals surface area contributed by atoms with Gasteiger partial charge in [0, 0.05) is 5.92 Å². The van der Waals surface area contributed by atoms with Crippen molar-refractivity contribution in [1.82, 2.24) is 0 Å². The molecule has 92 valence electrons. The van der Waals surface area contributed by atoms with Gasteiger partial charge in [-0.1, -0.05) is 65.2 Å². The van der Waals surface area contributed by atoms with Crippen molar-refractivity contribution in [1.29, 1.82) is 0 Å². The molecule has 2 atom stereocenters. The van der Waals surface area contributed by atoms with Gasteiger partial charge in [0.15, 0.2) is 0 Å². The molecular formula is C17H24. The van der Waals surface area contributed by atoms with Crippen LogP contribution in [0.3, 0.4) is 0 Å². The highest BCUT2D eigenvalue weighted by atomic mass is 14.6. The Morgan fingerprint density at radius 2 is 1.71 bits per heavy atom. The fourth-order valence-corrected chi connectivity index (χ4v) is 3.30. The Hall–Kier alpha value is -0.960. The van der Waals surface area contributed by atoms with E-state index in [0.29, 0.717) is 5.92 Å². The molecule has 2 aliphatic carbocycles. The molecule has 0 bridgehead atoms. The second kappa shape index (κ2) is 3.29. The standard InChI is InChI=1S/C17H24/c1-8-17-11-13(17)12(15(2,3)4)9-10-14(17)16(5,6)7/h1,9-10,13H,11H2,2-7H3. The van der Waals surface area contributed by atoms with Gasteiger partial charge in [-0.25, -0.2) is 0 Å². The first-order valence-corrected chi connectivity index (χ1v) is 6.54. The quantitative estimate of drug-likeness (QED) is 0.532. The van der Waals surface area contributed by atoms with Gasteiger partial charge in [0.25, 0.3) is 0 Å². The zero-order chi connectivity index (χ0) is 13.1. The molecular weight excluding hydrogens is 204 g/mol. The summed E-state index contributed by atoms with van der Waals surface area (Å²) in [6.45, 7) is 13.7. The molecule has 0 aliphatic heterocycles. The third-order valence-electron chi connectivity index (χ3n) is 4.18. The van der Waals surface area contributed by atoms with Crippen LogP contribution in [0.15, 0.2) is 23.3 Å². The van der Waals surface area contributed by atoms with E-state index in [1.807, 2.05) is 0 Å². The first-order valence-electron chi connectivity index (χ1n) is 6.54. The molecule has 0 aromatic rings. The summed E-state index contributed by atoms with van der Waals surface area (Å²) in [6.07, 6.45) is 11.6. The van der Waals surface area contributed by atoms with Crippen LogP contribution in [0.4, 0.5) is 0 Å². The third kappa shape index (κ3) is 1.77. The second-order valence-corrected chi connectivity index (χ2v) is 7.57. The summed E-state index contributed by atoms with van der Waals surface area (Å²) in [5.41, 5.74) is 3.44. The Kier molecular flexibility index (Phi) is 2.41. The molecule has 0 N–H and O–H groups in total. The van der Waals surface area contributed by atoms with Crippen molar-refractivity contribution < 1.29 is 0 Å². The first-order chi connectivity index (χ1) is 7.63. The van der Waals surface area contributed by atoms with Gasteiger partial charge in [-0.2, -0.15) is 0 Å². The molecule has 0 radical (unpaired) electrons. The van der Waals surface area contributed by atoms with Crippen molar-refractivity contribution in [2.24, 2.45) is 22.2 Å². The molecule has 1 fully saturated rings. The van der Waals surface area contributed by atoms with Gasteiger partial charge in [0.2, 0.25) is 0 Å². The lowest BCUT2D eigenvalue weighted by Crippen LogP contribution is -2.24. The van der Waals surface area contributed by atoms with Crippen molar-refractivity contribution in [2.45, 2.75) is 48.0 Å². The van der Waals surface area contributed by atoms with Crippen molar-refractivity contribution in [3.05, 3.63) is 23.3 Å². The van der Waals surface area contributed by atoms with Gasteiger partial charge in [-0.3, -0.25) is 0 Å². The molecule has 0 amide bonds. The van der Waals surface area contributed by atoms with Crippen LogP contribution in [-0.4, -0.2) is 0 Å². The summed E-state index contributed by atoms with van der Waals surface area (Å²) in [5.74, 6) is 3.69. The predicted octanol–water partition coefficient (Wildman–Crippen LogP) is 4.58. The minimum atomic E-state index is 0.0373. The van der Waals surface area contributed by atoms with Crippen molar-refractivity contribution in [3.63, 3.8) is 0 Å². The van der Waals surface area contributed by atoms with Gasteiger partial charge in [-0.05, 0) is 22.8 Å². The average molecular weight is 228 g/mol. The van der Waals surface area contributed by atoms with E-state index in [1.54, 1.807) is 0 Å². The highest BCUT2D eigenvalue weighted by Gasteiger charge is 2.61. The molecule has 2 unspecified atom stereocenters. The zero-order valence-corrected chi connectivity index (χ0v) is 12.0. The fourth-order valence-electron chi connectivity index (χ4n) is 3.30. The molecule has 0 aromatic carbocycles. The summed E-state index contributed by atoms with van der Waals surface area (Å²) in [6, 6.07) is 0. The summed E-state index contributed by atoms with van der Waals surface area (Å²) in [7, 11) is 0. The van der Waals surface area contributed by atoms with Crippen LogP contribution >= 0.6 is 0 Å². The number of fused-ring (bicyclic) bond motifs is 1. The molecule has 0 heteroatoms. The molecule has 0 spiro atoms. The van der Waals surface area contributed by atoms with Gasteiger partial charge >= 0.3 is 0 Å². The Balaban J connectivity index is 2.49. The fraction of sp³-hybridized carbons (Fsp3) is 0.647. The number of hydrogen-bond acceptors (Lipinski definition) is 0. The van der Waals surface area contributed by atoms with E-state index >= 15 is 0 Å². The maximum atomic E-state index is 5.85. The highest BCUT2D eigenvalue weighted by molar-refractivity contribution is 5.51. The summed E-state index contributed by atoms with van der Waals surface area (Å²) in [4.78, 5) is 0. The van der Waals surface area contributed by atoms with E-state index in [9.17, 15) is 0 Å². The molecule has 0 nitrogen and oxygen atoms in total. The van der Waals surface area contributed by atoms with Crippen LogP contribution in [0.25, 0.3) is 0 Å². The number of rotatable bonds is 0. The molecule has 1 saturated carbocycles. The Bertz CT molecular complexity index is 440. The number of terminal acetylenes is 1. The lowest BCUT2D eigenvalue weighted by Gasteiger charge is -2.34.